The third-order valence-corrected chi connectivity index (χ3v) is 5.47. The zero-order chi connectivity index (χ0) is 18.4. The number of rotatable bonds is 8. The number of carbonyl (C=O) groups excluding carboxylic acids is 2. The van der Waals surface area contributed by atoms with Crippen molar-refractivity contribution in [3.8, 4) is 0 Å². The first-order valence-electron chi connectivity index (χ1n) is 7.66. The first-order valence-corrected chi connectivity index (χ1v) is 9.44. The van der Waals surface area contributed by atoms with Gasteiger partial charge in [0.05, 0.1) is 20.3 Å². The molecule has 0 N–H and O–H groups in total. The summed E-state index contributed by atoms with van der Waals surface area (Å²) in [4.78, 5) is 23.5. The van der Waals surface area contributed by atoms with E-state index in [0.717, 1.165) is 10.0 Å². The highest BCUT2D eigenvalue weighted by atomic mass is 79.9. The normalized spacial score (nSPS) is 14.1. The zero-order valence-electron chi connectivity index (χ0n) is 14.8. The Morgan fingerprint density at radius 2 is 1.88 bits per heavy atom. The Labute approximate surface area is 156 Å². The molecule has 1 atom stereocenters. The van der Waals surface area contributed by atoms with E-state index in [2.05, 4.69) is 15.9 Å². The van der Waals surface area contributed by atoms with E-state index in [9.17, 15) is 9.59 Å². The van der Waals surface area contributed by atoms with Gasteiger partial charge in [-0.2, -0.15) is 0 Å². The van der Waals surface area contributed by atoms with E-state index in [0.29, 0.717) is 12.4 Å². The van der Waals surface area contributed by atoms with Crippen LogP contribution in [0.1, 0.15) is 33.3 Å². The van der Waals surface area contributed by atoms with Crippen molar-refractivity contribution < 1.29 is 19.1 Å². The van der Waals surface area contributed by atoms with Gasteiger partial charge >= 0.3 is 5.97 Å². The predicted molar refractivity (Wildman–Crippen MR) is 101 cm³/mol. The molecule has 0 heterocycles. The number of thioether (sulfide) groups is 1. The van der Waals surface area contributed by atoms with Gasteiger partial charge in [-0.25, -0.2) is 0 Å². The number of benzene rings is 1. The molecule has 6 heteroatoms. The van der Waals surface area contributed by atoms with Crippen LogP contribution in [-0.4, -0.2) is 37.2 Å². The molecule has 0 aromatic heterocycles. The topological polar surface area (TPSA) is 52.6 Å². The minimum atomic E-state index is -0.887. The van der Waals surface area contributed by atoms with Gasteiger partial charge in [0.1, 0.15) is 5.41 Å². The molecular formula is C18H25BrO4S. The second kappa shape index (κ2) is 9.02. The molecule has 0 bridgehead atoms. The standard InChI is InChI=1S/C18H25BrO4S/c1-13(20)24-12-17(2,3)10-23-11-18(4,16(21)22-5)14-7-6-8-15(19)9-14/h6-9H,10-12H2,1-5H3. The van der Waals surface area contributed by atoms with Crippen molar-refractivity contribution in [2.75, 3.05) is 26.1 Å². The van der Waals surface area contributed by atoms with E-state index < -0.39 is 5.41 Å². The van der Waals surface area contributed by atoms with E-state index in [1.165, 1.54) is 18.9 Å². The molecule has 134 valence electrons. The Bertz CT molecular complexity index is 588. The number of hydrogen-bond donors (Lipinski definition) is 0. The number of carbonyl (C=O) groups is 2. The largest absolute Gasteiger partial charge is 0.468 e. The van der Waals surface area contributed by atoms with Crippen LogP contribution in [-0.2, 0) is 24.5 Å². The molecule has 0 aliphatic heterocycles. The lowest BCUT2D eigenvalue weighted by molar-refractivity contribution is -0.150. The van der Waals surface area contributed by atoms with Crippen molar-refractivity contribution >= 4 is 38.8 Å². The molecule has 0 aliphatic carbocycles. The van der Waals surface area contributed by atoms with Crippen LogP contribution in [0.15, 0.2) is 28.7 Å². The first kappa shape index (κ1) is 21.2. The molecule has 1 aromatic carbocycles. The minimum Gasteiger partial charge on any atom is -0.468 e. The van der Waals surface area contributed by atoms with Crippen molar-refractivity contribution in [3.05, 3.63) is 34.3 Å². The summed E-state index contributed by atoms with van der Waals surface area (Å²) in [5.41, 5.74) is -0.216. The van der Waals surface area contributed by atoms with Crippen LogP contribution in [0.5, 0.6) is 0 Å². The van der Waals surface area contributed by atoms with Crippen LogP contribution in [0.3, 0.4) is 0 Å². The highest BCUT2D eigenvalue weighted by Crippen LogP contribution is 2.30. The Hall–Kier alpha value is -0.850. The van der Waals surface area contributed by atoms with Gasteiger partial charge < -0.3 is 9.47 Å². The minimum absolute atomic E-state index is 0.0941. The molecule has 0 fully saturated rings. The van der Waals surface area contributed by atoms with Gasteiger partial charge in [-0.1, -0.05) is 53.7 Å². The van der Waals surface area contributed by atoms with E-state index in [1.54, 1.807) is 6.92 Å². The van der Waals surface area contributed by atoms with E-state index in [1.807, 2.05) is 45.0 Å². The molecule has 24 heavy (non-hydrogen) atoms. The molecule has 0 amide bonds. The van der Waals surface area contributed by atoms with Gasteiger partial charge in [0.2, 0.25) is 0 Å². The Balaban J connectivity index is 2.81. The summed E-state index contributed by atoms with van der Waals surface area (Å²) < 4.78 is 11.8. The average Bonchev–Trinajstić information content (AvgIpc) is 2.52. The predicted octanol–water partition coefficient (Wildman–Crippen LogP) is 4.20. The molecular weight excluding hydrogens is 392 g/mol. The molecule has 0 saturated heterocycles. The van der Waals surface area contributed by atoms with Crippen LogP contribution in [0, 0.1) is 5.41 Å². The quantitative estimate of drug-likeness (QED) is 0.594. The van der Waals surface area contributed by atoms with E-state index >= 15 is 0 Å². The Kier molecular flexibility index (Phi) is 7.96. The molecule has 1 unspecified atom stereocenters. The molecule has 0 saturated carbocycles. The lowest BCUT2D eigenvalue weighted by Crippen LogP contribution is -2.39. The molecule has 1 aromatic rings. The van der Waals surface area contributed by atoms with E-state index in [-0.39, 0.29) is 23.1 Å². The summed E-state index contributed by atoms with van der Waals surface area (Å²) in [6.45, 7) is 8.12. The van der Waals surface area contributed by atoms with Gasteiger partial charge in [0, 0.05) is 17.1 Å². The number of esters is 1. The zero-order valence-corrected chi connectivity index (χ0v) is 17.3. The van der Waals surface area contributed by atoms with Gasteiger partial charge in [-0.05, 0) is 30.0 Å². The van der Waals surface area contributed by atoms with Crippen molar-refractivity contribution in [1.29, 1.82) is 0 Å². The number of halogens is 1. The lowest BCUT2D eigenvalue weighted by atomic mass is 9.83. The summed E-state index contributed by atoms with van der Waals surface area (Å²) in [6.07, 6.45) is 0. The Morgan fingerprint density at radius 1 is 1.21 bits per heavy atom. The van der Waals surface area contributed by atoms with Crippen molar-refractivity contribution in [2.24, 2.45) is 5.41 Å². The number of ether oxygens (including phenoxy) is 2. The second-order valence-electron chi connectivity index (χ2n) is 6.77. The Morgan fingerprint density at radius 3 is 2.42 bits per heavy atom. The van der Waals surface area contributed by atoms with Gasteiger partial charge in [0.25, 0.3) is 0 Å². The van der Waals surface area contributed by atoms with Crippen molar-refractivity contribution in [1.82, 2.24) is 0 Å². The van der Waals surface area contributed by atoms with Crippen LogP contribution >= 0.6 is 27.7 Å². The molecule has 0 radical (unpaired) electrons. The summed E-state index contributed by atoms with van der Waals surface area (Å²) in [5.74, 6) is 0.338. The summed E-state index contributed by atoms with van der Waals surface area (Å²) in [7, 11) is 1.38. The fourth-order valence-corrected chi connectivity index (χ4v) is 3.26. The fraction of sp³-hybridized carbons (Fsp3) is 0.556. The maximum Gasteiger partial charge on any atom is 0.318 e. The van der Waals surface area contributed by atoms with Gasteiger partial charge in [0.15, 0.2) is 5.12 Å². The average molecular weight is 417 g/mol. The SMILES string of the molecule is COC(=O)C(C)(COCC(C)(C)CSC(C)=O)c1cccc(Br)c1. The highest BCUT2D eigenvalue weighted by molar-refractivity contribution is 9.10. The maximum atomic E-state index is 12.3. The number of methoxy groups -OCH3 is 1. The first-order chi connectivity index (χ1) is 11.1. The second-order valence-corrected chi connectivity index (χ2v) is 8.84. The van der Waals surface area contributed by atoms with Gasteiger partial charge in [-0.15, -0.1) is 0 Å². The summed E-state index contributed by atoms with van der Waals surface area (Å²) >= 11 is 4.72. The smallest absolute Gasteiger partial charge is 0.318 e. The highest BCUT2D eigenvalue weighted by Gasteiger charge is 2.37. The summed E-state index contributed by atoms with van der Waals surface area (Å²) in [5, 5.41) is 0.0941. The van der Waals surface area contributed by atoms with Crippen molar-refractivity contribution in [3.63, 3.8) is 0 Å². The molecule has 0 aliphatic rings. The third kappa shape index (κ3) is 6.22. The van der Waals surface area contributed by atoms with Crippen LogP contribution in [0.4, 0.5) is 0 Å². The molecule has 0 spiro atoms. The summed E-state index contributed by atoms with van der Waals surface area (Å²) in [6, 6.07) is 7.58. The molecule has 4 nitrogen and oxygen atoms in total. The lowest BCUT2D eigenvalue weighted by Gasteiger charge is -2.30. The molecule has 1 rings (SSSR count). The van der Waals surface area contributed by atoms with E-state index in [4.69, 9.17) is 9.47 Å². The van der Waals surface area contributed by atoms with Crippen LogP contribution in [0.25, 0.3) is 0 Å². The van der Waals surface area contributed by atoms with Crippen LogP contribution in [0.2, 0.25) is 0 Å². The van der Waals surface area contributed by atoms with Crippen molar-refractivity contribution in [2.45, 2.75) is 33.1 Å². The number of hydrogen-bond acceptors (Lipinski definition) is 5. The monoisotopic (exact) mass is 416 g/mol. The van der Waals surface area contributed by atoms with Gasteiger partial charge in [-0.3, -0.25) is 9.59 Å². The maximum absolute atomic E-state index is 12.3. The van der Waals surface area contributed by atoms with Crippen LogP contribution < -0.4 is 0 Å². The fourth-order valence-electron chi connectivity index (χ4n) is 2.19. The third-order valence-electron chi connectivity index (χ3n) is 3.65.